The molecule has 0 spiro atoms. The standard InChI is InChI=1S/C26H26Cl2N2O.C3H8O/c27-22-12-11-21(17-23(22)28)30-25(19-13-15-29-16-14-19)24(18-7-3-1-4-8-18)26(31)20-9-5-2-6-10-20;1-2-3-4/h1-12,17,19,24-25,29-30H,13-16H2;4H,2-3H2,1H3. The maximum Gasteiger partial charge on any atom is 0.172 e. The monoisotopic (exact) mass is 512 g/mol. The fourth-order valence-electron chi connectivity index (χ4n) is 4.42. The Kier molecular flexibility index (Phi) is 11.1. The Morgan fingerprint density at radius 1 is 0.971 bits per heavy atom. The van der Waals surface area contributed by atoms with E-state index < -0.39 is 0 Å². The maximum absolute atomic E-state index is 13.8. The summed E-state index contributed by atoms with van der Waals surface area (Å²) in [5.41, 5.74) is 2.62. The quantitative estimate of drug-likeness (QED) is 0.289. The largest absolute Gasteiger partial charge is 0.396 e. The van der Waals surface area contributed by atoms with Crippen LogP contribution in [0.25, 0.3) is 0 Å². The number of benzene rings is 3. The molecule has 2 unspecified atom stereocenters. The molecule has 0 aromatic heterocycles. The van der Waals surface area contributed by atoms with Crippen molar-refractivity contribution in [2.24, 2.45) is 5.92 Å². The van der Waals surface area contributed by atoms with Crippen LogP contribution in [0.2, 0.25) is 10.0 Å². The van der Waals surface area contributed by atoms with Crippen molar-refractivity contribution in [2.75, 3.05) is 25.0 Å². The van der Waals surface area contributed by atoms with E-state index in [4.69, 9.17) is 28.3 Å². The molecule has 1 saturated heterocycles. The summed E-state index contributed by atoms with van der Waals surface area (Å²) in [5, 5.41) is 16.0. The van der Waals surface area contributed by atoms with Crippen LogP contribution in [0.4, 0.5) is 5.69 Å². The minimum Gasteiger partial charge on any atom is -0.396 e. The molecule has 1 fully saturated rings. The summed E-state index contributed by atoms with van der Waals surface area (Å²) < 4.78 is 0. The van der Waals surface area contributed by atoms with Crippen LogP contribution >= 0.6 is 23.2 Å². The number of ketones is 1. The molecule has 1 heterocycles. The van der Waals surface area contributed by atoms with Gasteiger partial charge in [-0.1, -0.05) is 90.8 Å². The number of aliphatic hydroxyl groups is 1. The van der Waals surface area contributed by atoms with Gasteiger partial charge in [0.05, 0.1) is 16.0 Å². The molecule has 6 heteroatoms. The van der Waals surface area contributed by atoms with Crippen LogP contribution < -0.4 is 10.6 Å². The van der Waals surface area contributed by atoms with Crippen molar-refractivity contribution < 1.29 is 9.90 Å². The molecule has 0 radical (unpaired) electrons. The van der Waals surface area contributed by atoms with Gasteiger partial charge in [-0.05, 0) is 62.0 Å². The summed E-state index contributed by atoms with van der Waals surface area (Å²) in [4.78, 5) is 13.8. The molecule has 0 saturated carbocycles. The summed E-state index contributed by atoms with van der Waals surface area (Å²) in [6.07, 6.45) is 2.88. The van der Waals surface area contributed by atoms with Crippen molar-refractivity contribution in [3.8, 4) is 0 Å². The third kappa shape index (κ3) is 7.81. The first-order valence-corrected chi connectivity index (χ1v) is 13.0. The molecule has 35 heavy (non-hydrogen) atoms. The Labute approximate surface area is 218 Å². The van der Waals surface area contributed by atoms with Gasteiger partial charge in [-0.15, -0.1) is 0 Å². The number of Topliss-reactive ketones (excluding diaryl/α,β-unsaturated/α-hetero) is 1. The smallest absolute Gasteiger partial charge is 0.172 e. The lowest BCUT2D eigenvalue weighted by molar-refractivity contribution is 0.0934. The number of halogens is 2. The summed E-state index contributed by atoms with van der Waals surface area (Å²) >= 11 is 12.4. The average Bonchev–Trinajstić information content (AvgIpc) is 2.92. The highest BCUT2D eigenvalue weighted by atomic mass is 35.5. The minimum absolute atomic E-state index is 0.0746. The van der Waals surface area contributed by atoms with Gasteiger partial charge in [-0.3, -0.25) is 4.79 Å². The second-order valence-corrected chi connectivity index (χ2v) is 9.54. The van der Waals surface area contributed by atoms with Gasteiger partial charge >= 0.3 is 0 Å². The lowest BCUT2D eigenvalue weighted by Crippen LogP contribution is -2.43. The van der Waals surface area contributed by atoms with Gasteiger partial charge in [-0.2, -0.15) is 0 Å². The van der Waals surface area contributed by atoms with E-state index in [0.29, 0.717) is 22.6 Å². The highest BCUT2D eigenvalue weighted by Gasteiger charge is 2.36. The normalized spacial score (nSPS) is 15.4. The Morgan fingerprint density at radius 3 is 2.14 bits per heavy atom. The predicted molar refractivity (Wildman–Crippen MR) is 147 cm³/mol. The Hall–Kier alpha value is -2.37. The molecule has 3 aromatic carbocycles. The number of hydrogen-bond donors (Lipinski definition) is 3. The van der Waals surface area contributed by atoms with Gasteiger partial charge in [0.1, 0.15) is 0 Å². The van der Waals surface area contributed by atoms with Crippen LogP contribution in [0.15, 0.2) is 78.9 Å². The molecule has 1 aliphatic rings. The van der Waals surface area contributed by atoms with E-state index in [9.17, 15) is 4.79 Å². The lowest BCUT2D eigenvalue weighted by Gasteiger charge is -2.37. The van der Waals surface area contributed by atoms with Gasteiger partial charge in [0.15, 0.2) is 5.78 Å². The first kappa shape index (κ1) is 27.2. The molecular weight excluding hydrogens is 479 g/mol. The molecule has 1 aliphatic heterocycles. The molecule has 186 valence electrons. The molecule has 4 rings (SSSR count). The highest BCUT2D eigenvalue weighted by molar-refractivity contribution is 6.42. The van der Waals surface area contributed by atoms with Crippen molar-refractivity contribution in [3.05, 3.63) is 100 Å². The zero-order valence-electron chi connectivity index (χ0n) is 20.1. The molecule has 0 amide bonds. The fourth-order valence-corrected chi connectivity index (χ4v) is 4.72. The predicted octanol–water partition coefficient (Wildman–Crippen LogP) is 6.83. The number of nitrogens with one attached hydrogen (secondary N) is 2. The number of rotatable bonds is 8. The van der Waals surface area contributed by atoms with E-state index in [1.165, 1.54) is 0 Å². The molecule has 0 bridgehead atoms. The van der Waals surface area contributed by atoms with Crippen LogP contribution in [-0.4, -0.2) is 36.6 Å². The van der Waals surface area contributed by atoms with Crippen molar-refractivity contribution in [2.45, 2.75) is 38.1 Å². The first-order chi connectivity index (χ1) is 17.0. The van der Waals surface area contributed by atoms with Crippen LogP contribution in [0.5, 0.6) is 0 Å². The molecule has 2 atom stereocenters. The van der Waals surface area contributed by atoms with E-state index in [0.717, 1.165) is 49.2 Å². The van der Waals surface area contributed by atoms with Crippen molar-refractivity contribution in [1.82, 2.24) is 5.32 Å². The molecule has 4 nitrogen and oxygen atoms in total. The summed E-state index contributed by atoms with van der Waals surface area (Å²) in [7, 11) is 0. The topological polar surface area (TPSA) is 61.4 Å². The Balaban J connectivity index is 0.000000795. The van der Waals surface area contributed by atoms with Gasteiger partial charge in [0.2, 0.25) is 0 Å². The van der Waals surface area contributed by atoms with E-state index in [1.54, 1.807) is 6.07 Å². The zero-order chi connectivity index (χ0) is 25.0. The molecular formula is C29H34Cl2N2O2. The van der Waals surface area contributed by atoms with Gasteiger partial charge in [0, 0.05) is 23.9 Å². The highest BCUT2D eigenvalue weighted by Crippen LogP contribution is 2.35. The average molecular weight is 514 g/mol. The van der Waals surface area contributed by atoms with E-state index in [-0.39, 0.29) is 17.7 Å². The minimum atomic E-state index is -0.318. The molecule has 0 aliphatic carbocycles. The van der Waals surface area contributed by atoms with E-state index >= 15 is 0 Å². The van der Waals surface area contributed by atoms with Crippen molar-refractivity contribution >= 4 is 34.7 Å². The van der Waals surface area contributed by atoms with Gasteiger partial charge in [0.25, 0.3) is 0 Å². The Bertz CT molecular complexity index is 1040. The van der Waals surface area contributed by atoms with Crippen molar-refractivity contribution in [1.29, 1.82) is 0 Å². The number of aliphatic hydroxyl groups excluding tert-OH is 1. The number of carbonyl (C=O) groups excluding carboxylic acids is 1. The van der Waals surface area contributed by atoms with Gasteiger partial charge in [-0.25, -0.2) is 0 Å². The van der Waals surface area contributed by atoms with E-state index in [1.807, 2.05) is 67.6 Å². The number of piperidine rings is 1. The van der Waals surface area contributed by atoms with E-state index in [2.05, 4.69) is 22.8 Å². The fraction of sp³-hybridized carbons (Fsp3) is 0.345. The number of carbonyl (C=O) groups is 1. The summed E-state index contributed by atoms with van der Waals surface area (Å²) in [5.74, 6) is 0.151. The maximum atomic E-state index is 13.8. The summed E-state index contributed by atoms with van der Waals surface area (Å²) in [6, 6.07) is 25.1. The SMILES string of the molecule is CCCO.O=C(c1ccccc1)C(c1ccccc1)C(Nc1ccc(Cl)c(Cl)c1)C1CCNCC1. The third-order valence-corrected chi connectivity index (χ3v) is 6.97. The molecule has 3 aromatic rings. The number of hydrogen-bond acceptors (Lipinski definition) is 4. The Morgan fingerprint density at radius 2 is 1.57 bits per heavy atom. The third-order valence-electron chi connectivity index (χ3n) is 6.23. The summed E-state index contributed by atoms with van der Waals surface area (Å²) in [6.45, 7) is 4.15. The van der Waals surface area contributed by atoms with Crippen LogP contribution in [-0.2, 0) is 0 Å². The van der Waals surface area contributed by atoms with Gasteiger partial charge < -0.3 is 15.7 Å². The first-order valence-electron chi connectivity index (χ1n) is 12.2. The second kappa shape index (κ2) is 14.3. The lowest BCUT2D eigenvalue weighted by atomic mass is 9.76. The van der Waals surface area contributed by atoms with Crippen LogP contribution in [0.1, 0.15) is 48.0 Å². The zero-order valence-corrected chi connectivity index (χ0v) is 21.6. The molecule has 3 N–H and O–H groups in total. The number of anilines is 1. The second-order valence-electron chi connectivity index (χ2n) is 8.73. The van der Waals surface area contributed by atoms with Crippen molar-refractivity contribution in [3.63, 3.8) is 0 Å². The van der Waals surface area contributed by atoms with Crippen LogP contribution in [0, 0.1) is 5.92 Å². The van der Waals surface area contributed by atoms with Crippen LogP contribution in [0.3, 0.4) is 0 Å².